The molecule has 1 rings (SSSR count). The number of aromatic hydroxyl groups is 2. The minimum absolute atomic E-state index is 0.00592. The van der Waals surface area contributed by atoms with Crippen LogP contribution in [0.15, 0.2) is 30.5 Å². The summed E-state index contributed by atoms with van der Waals surface area (Å²) >= 11 is 0. The molecule has 0 aliphatic heterocycles. The highest BCUT2D eigenvalue weighted by molar-refractivity contribution is 5.76. The number of hydrogen-bond acceptors (Lipinski definition) is 4. The summed E-state index contributed by atoms with van der Waals surface area (Å²) in [6.45, 7) is 3.73. The molecule has 5 nitrogen and oxygen atoms in total. The van der Waals surface area contributed by atoms with E-state index in [1.165, 1.54) is 12.1 Å². The van der Waals surface area contributed by atoms with Crippen LogP contribution in [0, 0.1) is 0 Å². The minimum atomic E-state index is -0.171. The predicted molar refractivity (Wildman–Crippen MR) is 67.5 cm³/mol. The average molecular weight is 251 g/mol. The molecule has 1 aromatic rings. The van der Waals surface area contributed by atoms with Crippen LogP contribution in [0.5, 0.6) is 11.5 Å². The van der Waals surface area contributed by atoms with E-state index in [1.807, 2.05) is 0 Å². The second kappa shape index (κ2) is 6.54. The van der Waals surface area contributed by atoms with Gasteiger partial charge in [0.25, 0.3) is 0 Å². The molecule has 0 atom stereocenters. The van der Waals surface area contributed by atoms with E-state index in [0.29, 0.717) is 13.0 Å². The van der Waals surface area contributed by atoms with Gasteiger partial charge in [-0.1, -0.05) is 12.6 Å². The first-order valence-corrected chi connectivity index (χ1v) is 5.63. The third-order valence-electron chi connectivity index (χ3n) is 2.42. The summed E-state index contributed by atoms with van der Waals surface area (Å²) in [5.41, 5.74) is 0.817. The Bertz CT molecular complexity index is 443. The molecule has 0 unspecified atom stereocenters. The Morgan fingerprint density at radius 1 is 1.22 bits per heavy atom. The minimum Gasteiger partial charge on any atom is -0.513 e. The average Bonchev–Trinajstić information content (AvgIpc) is 2.31. The molecule has 1 amide bonds. The second-order valence-corrected chi connectivity index (χ2v) is 3.99. The normalized spacial score (nSPS) is 10.0. The van der Waals surface area contributed by atoms with Gasteiger partial charge in [0.2, 0.25) is 5.91 Å². The van der Waals surface area contributed by atoms with Gasteiger partial charge in [-0.05, 0) is 24.1 Å². The quantitative estimate of drug-likeness (QED) is 0.456. The Kier molecular flexibility index (Phi) is 5.05. The predicted octanol–water partition coefficient (Wildman–Crippen LogP) is 1.61. The number of aliphatic hydroxyl groups is 1. The van der Waals surface area contributed by atoms with Crippen LogP contribution in [0.1, 0.15) is 18.4 Å². The lowest BCUT2D eigenvalue weighted by Gasteiger charge is -2.06. The van der Waals surface area contributed by atoms with Gasteiger partial charge in [0, 0.05) is 19.4 Å². The molecular weight excluding hydrogens is 234 g/mol. The summed E-state index contributed by atoms with van der Waals surface area (Å²) in [4.78, 5) is 11.3. The highest BCUT2D eigenvalue weighted by atomic mass is 16.3. The van der Waals surface area contributed by atoms with Crippen molar-refractivity contribution in [1.29, 1.82) is 0 Å². The number of rotatable bonds is 6. The molecule has 0 radical (unpaired) electrons. The molecule has 18 heavy (non-hydrogen) atoms. The van der Waals surface area contributed by atoms with Gasteiger partial charge < -0.3 is 20.6 Å². The van der Waals surface area contributed by atoms with Crippen LogP contribution >= 0.6 is 0 Å². The fourth-order valence-electron chi connectivity index (χ4n) is 1.42. The molecule has 0 bridgehead atoms. The fraction of sp³-hybridized carbons (Fsp3) is 0.308. The van der Waals surface area contributed by atoms with E-state index >= 15 is 0 Å². The van der Waals surface area contributed by atoms with Crippen molar-refractivity contribution >= 4 is 5.91 Å². The highest BCUT2D eigenvalue weighted by Crippen LogP contribution is 2.24. The van der Waals surface area contributed by atoms with Crippen LogP contribution in [0.4, 0.5) is 0 Å². The Morgan fingerprint density at radius 3 is 2.56 bits per heavy atom. The molecule has 0 fully saturated rings. The molecule has 1 aromatic carbocycles. The Labute approximate surface area is 105 Å². The van der Waals surface area contributed by atoms with E-state index in [1.54, 1.807) is 6.07 Å². The van der Waals surface area contributed by atoms with Gasteiger partial charge in [-0.3, -0.25) is 4.79 Å². The van der Waals surface area contributed by atoms with E-state index in [2.05, 4.69) is 11.9 Å². The van der Waals surface area contributed by atoms with E-state index in [4.69, 9.17) is 10.2 Å². The van der Waals surface area contributed by atoms with Crippen LogP contribution in [-0.4, -0.2) is 27.8 Å². The van der Waals surface area contributed by atoms with Crippen molar-refractivity contribution in [3.05, 3.63) is 36.1 Å². The molecular formula is C13H17NO4. The fourth-order valence-corrected chi connectivity index (χ4v) is 1.42. The Hall–Kier alpha value is -2.17. The topological polar surface area (TPSA) is 89.8 Å². The number of allylic oxidation sites excluding steroid dienone is 1. The number of carbonyl (C=O) groups excluding carboxylic acids is 1. The number of hydrogen-bond donors (Lipinski definition) is 4. The zero-order valence-electron chi connectivity index (χ0n) is 10.0. The summed E-state index contributed by atoms with van der Waals surface area (Å²) in [5, 5.41) is 29.9. The van der Waals surface area contributed by atoms with E-state index < -0.39 is 0 Å². The number of phenolic OH excluding ortho intramolecular Hbond substituents is 2. The third kappa shape index (κ3) is 4.78. The summed E-state index contributed by atoms with van der Waals surface area (Å²) in [6.07, 6.45) is 1.02. The number of benzene rings is 1. The monoisotopic (exact) mass is 251 g/mol. The van der Waals surface area contributed by atoms with Gasteiger partial charge in [0.05, 0.1) is 5.76 Å². The maximum absolute atomic E-state index is 11.3. The van der Waals surface area contributed by atoms with Crippen LogP contribution < -0.4 is 5.32 Å². The Balaban J connectivity index is 2.30. The van der Waals surface area contributed by atoms with Gasteiger partial charge in [-0.2, -0.15) is 0 Å². The lowest BCUT2D eigenvalue weighted by atomic mass is 10.1. The molecule has 0 aliphatic carbocycles. The van der Waals surface area contributed by atoms with Crippen molar-refractivity contribution in [3.8, 4) is 11.5 Å². The van der Waals surface area contributed by atoms with Crippen LogP contribution in [0.25, 0.3) is 0 Å². The van der Waals surface area contributed by atoms with Crippen molar-refractivity contribution in [3.63, 3.8) is 0 Å². The number of carbonyl (C=O) groups is 1. The Morgan fingerprint density at radius 2 is 1.94 bits per heavy atom. The van der Waals surface area contributed by atoms with Crippen LogP contribution in [-0.2, 0) is 11.2 Å². The van der Waals surface area contributed by atoms with E-state index in [0.717, 1.165) is 5.56 Å². The maximum Gasteiger partial charge on any atom is 0.220 e. The van der Waals surface area contributed by atoms with Gasteiger partial charge in [-0.15, -0.1) is 0 Å². The maximum atomic E-state index is 11.3. The highest BCUT2D eigenvalue weighted by Gasteiger charge is 2.03. The third-order valence-corrected chi connectivity index (χ3v) is 2.42. The van der Waals surface area contributed by atoms with Crippen molar-refractivity contribution in [2.45, 2.75) is 19.3 Å². The van der Waals surface area contributed by atoms with E-state index in [-0.39, 0.29) is 36.0 Å². The summed E-state index contributed by atoms with van der Waals surface area (Å²) in [6, 6.07) is 4.54. The SMILES string of the molecule is C=C(O)CCC(=O)NCCc1ccc(O)c(O)c1. The molecule has 0 spiro atoms. The second-order valence-electron chi connectivity index (χ2n) is 3.99. The molecule has 0 saturated heterocycles. The first kappa shape index (κ1) is 13.9. The lowest BCUT2D eigenvalue weighted by molar-refractivity contribution is -0.121. The van der Waals surface area contributed by atoms with Gasteiger partial charge in [0.1, 0.15) is 0 Å². The van der Waals surface area contributed by atoms with Crippen molar-refractivity contribution in [2.75, 3.05) is 6.54 Å². The zero-order chi connectivity index (χ0) is 13.5. The lowest BCUT2D eigenvalue weighted by Crippen LogP contribution is -2.25. The first-order chi connectivity index (χ1) is 8.49. The molecule has 0 saturated carbocycles. The van der Waals surface area contributed by atoms with Gasteiger partial charge in [-0.25, -0.2) is 0 Å². The molecule has 98 valence electrons. The molecule has 0 aromatic heterocycles. The van der Waals surface area contributed by atoms with Crippen LogP contribution in [0.3, 0.4) is 0 Å². The largest absolute Gasteiger partial charge is 0.513 e. The van der Waals surface area contributed by atoms with Crippen molar-refractivity contribution in [1.82, 2.24) is 5.32 Å². The summed E-state index contributed by atoms with van der Waals surface area (Å²) in [7, 11) is 0. The molecule has 0 heterocycles. The molecule has 4 N–H and O–H groups in total. The smallest absolute Gasteiger partial charge is 0.220 e. The molecule has 0 aliphatic rings. The zero-order valence-corrected chi connectivity index (χ0v) is 10.0. The number of amides is 1. The van der Waals surface area contributed by atoms with Gasteiger partial charge in [0.15, 0.2) is 11.5 Å². The number of aliphatic hydroxyl groups excluding tert-OH is 1. The first-order valence-electron chi connectivity index (χ1n) is 5.63. The molecule has 5 heteroatoms. The van der Waals surface area contributed by atoms with Gasteiger partial charge >= 0.3 is 0 Å². The van der Waals surface area contributed by atoms with Crippen LogP contribution in [0.2, 0.25) is 0 Å². The van der Waals surface area contributed by atoms with E-state index in [9.17, 15) is 9.90 Å². The summed E-state index contributed by atoms with van der Waals surface area (Å²) in [5.74, 6) is -0.499. The summed E-state index contributed by atoms with van der Waals surface area (Å²) < 4.78 is 0. The van der Waals surface area contributed by atoms with Crippen molar-refractivity contribution in [2.24, 2.45) is 0 Å². The number of phenols is 2. The van der Waals surface area contributed by atoms with Crippen molar-refractivity contribution < 1.29 is 20.1 Å². The number of nitrogens with one attached hydrogen (secondary N) is 1. The standard InChI is InChI=1S/C13H17NO4/c1-9(15)2-5-13(18)14-7-6-10-3-4-11(16)12(17)8-10/h3-4,8,15-17H,1-2,5-7H2,(H,14,18).